The molecule has 4 nitrogen and oxygen atoms in total. The van der Waals surface area contributed by atoms with Gasteiger partial charge in [0.05, 0.1) is 13.2 Å². The predicted octanol–water partition coefficient (Wildman–Crippen LogP) is 2.46. The molecule has 1 aliphatic carbocycles. The first kappa shape index (κ1) is 16.1. The van der Waals surface area contributed by atoms with Crippen LogP contribution in [0.25, 0.3) is 0 Å². The number of ether oxygens (including phenoxy) is 3. The maximum Gasteiger partial charge on any atom is 0.193 e. The van der Waals surface area contributed by atoms with Crippen LogP contribution in [-0.2, 0) is 16.0 Å². The lowest BCUT2D eigenvalue weighted by molar-refractivity contribution is 0.00570. The second-order valence-electron chi connectivity index (χ2n) is 5.13. The van der Waals surface area contributed by atoms with Crippen LogP contribution in [0.4, 0.5) is 8.78 Å². The summed E-state index contributed by atoms with van der Waals surface area (Å²) < 4.78 is 42.7. The molecule has 0 atom stereocenters. The number of hydrogen-bond donors (Lipinski definition) is 1. The molecule has 1 aliphatic rings. The van der Waals surface area contributed by atoms with Crippen molar-refractivity contribution in [1.29, 1.82) is 0 Å². The van der Waals surface area contributed by atoms with Gasteiger partial charge in [-0.25, -0.2) is 8.78 Å². The second kappa shape index (κ2) is 8.26. The van der Waals surface area contributed by atoms with Crippen LogP contribution < -0.4 is 10.1 Å². The summed E-state index contributed by atoms with van der Waals surface area (Å²) in [4.78, 5) is 0. The van der Waals surface area contributed by atoms with Crippen molar-refractivity contribution in [3.05, 3.63) is 29.3 Å². The Balaban J connectivity index is 1.80. The van der Waals surface area contributed by atoms with Gasteiger partial charge >= 0.3 is 0 Å². The van der Waals surface area contributed by atoms with Crippen LogP contribution >= 0.6 is 0 Å². The van der Waals surface area contributed by atoms with Gasteiger partial charge < -0.3 is 19.5 Å². The molecule has 0 radical (unpaired) electrons. The summed E-state index contributed by atoms with van der Waals surface area (Å²) in [7, 11) is 1.60. The summed E-state index contributed by atoms with van der Waals surface area (Å²) in [5, 5.41) is 3.02. The maximum absolute atomic E-state index is 13.8. The van der Waals surface area contributed by atoms with Crippen molar-refractivity contribution in [3.63, 3.8) is 0 Å². The highest BCUT2D eigenvalue weighted by Crippen LogP contribution is 2.29. The summed E-state index contributed by atoms with van der Waals surface area (Å²) >= 11 is 0. The number of halogens is 2. The van der Waals surface area contributed by atoms with Crippen LogP contribution in [0.3, 0.4) is 0 Å². The van der Waals surface area contributed by atoms with E-state index in [-0.39, 0.29) is 12.5 Å². The average Bonchev–Trinajstić information content (AvgIpc) is 3.26. The molecule has 0 aliphatic heterocycles. The van der Waals surface area contributed by atoms with Gasteiger partial charge in [0.1, 0.15) is 0 Å². The van der Waals surface area contributed by atoms with Gasteiger partial charge in [0.15, 0.2) is 24.2 Å². The van der Waals surface area contributed by atoms with Gasteiger partial charge in [0.25, 0.3) is 0 Å². The van der Waals surface area contributed by atoms with E-state index in [2.05, 4.69) is 5.32 Å². The standard InChI is InChI=1S/C15H21F2NO3/c1-19-5-4-18-8-12-6-13(16)15(14(17)7-12)21-10-20-9-11-2-3-11/h6-7,11,18H,2-5,8-10H2,1H3. The van der Waals surface area contributed by atoms with Crippen molar-refractivity contribution in [2.24, 2.45) is 5.92 Å². The zero-order valence-electron chi connectivity index (χ0n) is 12.2. The summed E-state index contributed by atoms with van der Waals surface area (Å²) in [5.41, 5.74) is 0.521. The van der Waals surface area contributed by atoms with Gasteiger partial charge in [-0.05, 0) is 36.5 Å². The molecule has 1 aromatic rings. The van der Waals surface area contributed by atoms with Crippen LogP contribution in [0, 0.1) is 17.6 Å². The highest BCUT2D eigenvalue weighted by molar-refractivity contribution is 5.31. The SMILES string of the molecule is COCCNCc1cc(F)c(OCOCC2CC2)c(F)c1. The molecule has 2 rings (SSSR count). The first-order valence-electron chi connectivity index (χ1n) is 7.09. The molecular weight excluding hydrogens is 280 g/mol. The highest BCUT2D eigenvalue weighted by atomic mass is 19.1. The summed E-state index contributed by atoms with van der Waals surface area (Å²) in [6.07, 6.45) is 2.32. The van der Waals surface area contributed by atoms with Crippen molar-refractivity contribution in [3.8, 4) is 5.75 Å². The Morgan fingerprint density at radius 3 is 2.57 bits per heavy atom. The van der Waals surface area contributed by atoms with E-state index >= 15 is 0 Å². The number of nitrogens with one attached hydrogen (secondary N) is 1. The third-order valence-electron chi connectivity index (χ3n) is 3.21. The van der Waals surface area contributed by atoms with E-state index in [4.69, 9.17) is 14.2 Å². The Hall–Kier alpha value is -1.24. The zero-order valence-corrected chi connectivity index (χ0v) is 12.2. The molecule has 0 aromatic heterocycles. The first-order chi connectivity index (χ1) is 10.2. The number of hydrogen-bond acceptors (Lipinski definition) is 4. The zero-order chi connectivity index (χ0) is 15.1. The Labute approximate surface area is 123 Å². The Bertz CT molecular complexity index is 430. The molecule has 21 heavy (non-hydrogen) atoms. The number of rotatable bonds is 10. The van der Waals surface area contributed by atoms with E-state index in [0.29, 0.717) is 37.8 Å². The van der Waals surface area contributed by atoms with Crippen LogP contribution in [0.5, 0.6) is 5.75 Å². The molecule has 1 aromatic carbocycles. The minimum absolute atomic E-state index is 0.129. The molecule has 1 N–H and O–H groups in total. The minimum atomic E-state index is -0.714. The van der Waals surface area contributed by atoms with Crippen LogP contribution in [0.15, 0.2) is 12.1 Å². The minimum Gasteiger partial charge on any atom is -0.461 e. The Morgan fingerprint density at radius 2 is 1.95 bits per heavy atom. The van der Waals surface area contributed by atoms with Crippen LogP contribution in [0.2, 0.25) is 0 Å². The molecule has 0 unspecified atom stereocenters. The molecule has 0 bridgehead atoms. The topological polar surface area (TPSA) is 39.7 Å². The van der Waals surface area contributed by atoms with Gasteiger partial charge in [-0.2, -0.15) is 0 Å². The number of benzene rings is 1. The summed E-state index contributed by atoms with van der Waals surface area (Å²) in [6, 6.07) is 2.53. The van der Waals surface area contributed by atoms with Crippen molar-refractivity contribution in [1.82, 2.24) is 5.32 Å². The van der Waals surface area contributed by atoms with Gasteiger partial charge in [-0.15, -0.1) is 0 Å². The number of methoxy groups -OCH3 is 1. The lowest BCUT2D eigenvalue weighted by Gasteiger charge is -2.11. The van der Waals surface area contributed by atoms with Crippen molar-refractivity contribution < 1.29 is 23.0 Å². The molecule has 0 amide bonds. The fourth-order valence-corrected chi connectivity index (χ4v) is 1.86. The van der Waals surface area contributed by atoms with Crippen molar-refractivity contribution in [2.75, 3.05) is 33.7 Å². The second-order valence-corrected chi connectivity index (χ2v) is 5.13. The molecule has 1 saturated carbocycles. The fourth-order valence-electron chi connectivity index (χ4n) is 1.86. The normalized spacial score (nSPS) is 14.4. The molecule has 118 valence electrons. The van der Waals surface area contributed by atoms with Gasteiger partial charge in [0.2, 0.25) is 0 Å². The van der Waals surface area contributed by atoms with Gasteiger partial charge in [-0.1, -0.05) is 0 Å². The van der Waals surface area contributed by atoms with Crippen LogP contribution in [0.1, 0.15) is 18.4 Å². The summed E-state index contributed by atoms with van der Waals surface area (Å²) in [6.45, 7) is 1.99. The molecule has 6 heteroatoms. The van der Waals surface area contributed by atoms with E-state index in [0.717, 1.165) is 12.8 Å². The third-order valence-corrected chi connectivity index (χ3v) is 3.21. The highest BCUT2D eigenvalue weighted by Gasteiger charge is 2.21. The monoisotopic (exact) mass is 301 g/mol. The molecule has 0 spiro atoms. The predicted molar refractivity (Wildman–Crippen MR) is 74.1 cm³/mol. The molecule has 0 saturated heterocycles. The quantitative estimate of drug-likeness (QED) is 0.532. The van der Waals surface area contributed by atoms with Crippen LogP contribution in [-0.4, -0.2) is 33.7 Å². The van der Waals surface area contributed by atoms with Gasteiger partial charge in [0, 0.05) is 20.2 Å². The Kier molecular flexibility index (Phi) is 6.35. The average molecular weight is 301 g/mol. The van der Waals surface area contributed by atoms with Crippen molar-refractivity contribution in [2.45, 2.75) is 19.4 Å². The van der Waals surface area contributed by atoms with E-state index in [1.165, 1.54) is 12.1 Å². The fraction of sp³-hybridized carbons (Fsp3) is 0.600. The molecular formula is C15H21F2NO3. The Morgan fingerprint density at radius 1 is 1.24 bits per heavy atom. The van der Waals surface area contributed by atoms with E-state index in [1.807, 2.05) is 0 Å². The third kappa shape index (κ3) is 5.57. The summed E-state index contributed by atoms with van der Waals surface area (Å²) in [5.74, 6) is -1.22. The van der Waals surface area contributed by atoms with E-state index in [1.54, 1.807) is 7.11 Å². The molecule has 0 heterocycles. The van der Waals surface area contributed by atoms with E-state index < -0.39 is 11.6 Å². The van der Waals surface area contributed by atoms with Crippen molar-refractivity contribution >= 4 is 0 Å². The lowest BCUT2D eigenvalue weighted by Crippen LogP contribution is -2.18. The maximum atomic E-state index is 13.8. The van der Waals surface area contributed by atoms with Gasteiger partial charge in [-0.3, -0.25) is 0 Å². The smallest absolute Gasteiger partial charge is 0.193 e. The first-order valence-corrected chi connectivity index (χ1v) is 7.09. The van der Waals surface area contributed by atoms with E-state index in [9.17, 15) is 8.78 Å². The largest absolute Gasteiger partial charge is 0.461 e. The molecule has 1 fully saturated rings. The lowest BCUT2D eigenvalue weighted by atomic mass is 10.2.